The van der Waals surface area contributed by atoms with Crippen molar-refractivity contribution < 1.29 is 22.4 Å². The van der Waals surface area contributed by atoms with Crippen LogP contribution >= 0.6 is 0 Å². The fourth-order valence-corrected chi connectivity index (χ4v) is 1.18. The van der Waals surface area contributed by atoms with E-state index in [2.05, 4.69) is 0 Å². The first-order valence-corrected chi connectivity index (χ1v) is 3.63. The van der Waals surface area contributed by atoms with Gasteiger partial charge in [0.15, 0.2) is 0 Å². The fraction of sp³-hybridized carbons (Fsp3) is 0.833. The van der Waals surface area contributed by atoms with E-state index < -0.39 is 18.8 Å². The molecule has 0 aromatic heterocycles. The van der Waals surface area contributed by atoms with E-state index in [1.165, 1.54) is 0 Å². The van der Waals surface area contributed by atoms with Crippen LogP contribution in [0.5, 0.6) is 0 Å². The quantitative estimate of drug-likeness (QED) is 0.351. The van der Waals surface area contributed by atoms with Gasteiger partial charge in [-0.3, -0.25) is 4.79 Å². The summed E-state index contributed by atoms with van der Waals surface area (Å²) in [5, 5.41) is 0.0676. The Morgan fingerprint density at radius 3 is 2.38 bits per heavy atom. The van der Waals surface area contributed by atoms with Crippen molar-refractivity contribution in [3.05, 3.63) is 0 Å². The summed E-state index contributed by atoms with van der Waals surface area (Å²) in [6, 6.07) is -2.02. The highest BCUT2D eigenvalue weighted by molar-refractivity contribution is 5.48. The molecule has 76 valence electrons. The molecule has 1 unspecified atom stereocenters. The molecule has 13 heavy (non-hydrogen) atoms. The highest BCUT2D eigenvalue weighted by Gasteiger charge is 2.46. The highest BCUT2D eigenvalue weighted by atomic mass is 19.4. The number of rotatable bonds is 1. The van der Waals surface area contributed by atoms with Crippen molar-refractivity contribution in [1.82, 2.24) is 10.0 Å². The summed E-state index contributed by atoms with van der Waals surface area (Å²) >= 11 is 0. The zero-order chi connectivity index (χ0) is 10.1. The zero-order valence-corrected chi connectivity index (χ0v) is 6.59. The Labute approximate surface area is 71.8 Å². The number of hydrogen-bond acceptors (Lipinski definition) is 2. The molecule has 0 aromatic carbocycles. The number of amides is 1. The first kappa shape index (κ1) is 10.2. The van der Waals surface area contributed by atoms with E-state index in [4.69, 9.17) is 0 Å². The van der Waals surface area contributed by atoms with Crippen molar-refractivity contribution in [2.24, 2.45) is 0 Å². The first-order chi connectivity index (χ1) is 5.95. The van der Waals surface area contributed by atoms with E-state index in [-0.39, 0.29) is 24.6 Å². The molecule has 0 aliphatic carbocycles. The van der Waals surface area contributed by atoms with Gasteiger partial charge in [-0.25, -0.2) is 0 Å². The average molecular weight is 200 g/mol. The lowest BCUT2D eigenvalue weighted by atomic mass is 10.2. The lowest BCUT2D eigenvalue weighted by Crippen LogP contribution is -2.56. The van der Waals surface area contributed by atoms with Crippen molar-refractivity contribution >= 4 is 6.41 Å². The minimum Gasteiger partial charge on any atom is -0.330 e. The van der Waals surface area contributed by atoms with Gasteiger partial charge in [0.1, 0.15) is 6.04 Å². The molecular formula is C6H8F4N2O. The molecule has 0 spiro atoms. The molecule has 1 amide bonds. The van der Waals surface area contributed by atoms with Gasteiger partial charge in [0.2, 0.25) is 6.41 Å². The topological polar surface area (TPSA) is 23.6 Å². The predicted octanol–water partition coefficient (Wildman–Crippen LogP) is 0.576. The number of carbonyl (C=O) groups excluding carboxylic acids is 1. The van der Waals surface area contributed by atoms with Crippen molar-refractivity contribution in [3.8, 4) is 0 Å². The molecule has 0 aromatic rings. The molecule has 1 rings (SSSR count). The van der Waals surface area contributed by atoms with E-state index in [0.717, 1.165) is 0 Å². The summed E-state index contributed by atoms with van der Waals surface area (Å²) in [6.07, 6.45) is -4.46. The molecule has 7 heteroatoms. The molecule has 1 atom stereocenters. The Bertz CT molecular complexity index is 196. The average Bonchev–Trinajstić information content (AvgIpc) is 2.03. The maximum atomic E-state index is 12.5. The minimum atomic E-state index is -4.56. The molecule has 1 heterocycles. The first-order valence-electron chi connectivity index (χ1n) is 3.63. The van der Waals surface area contributed by atoms with Gasteiger partial charge < -0.3 is 4.90 Å². The number of nitrogens with zero attached hydrogens (tertiary/aromatic N) is 2. The van der Waals surface area contributed by atoms with Crippen LogP contribution in [0.3, 0.4) is 0 Å². The van der Waals surface area contributed by atoms with E-state index in [0.29, 0.717) is 4.90 Å². The second-order valence-electron chi connectivity index (χ2n) is 2.77. The van der Waals surface area contributed by atoms with Gasteiger partial charge in [-0.15, -0.1) is 9.60 Å². The predicted molar refractivity (Wildman–Crippen MR) is 35.3 cm³/mol. The third-order valence-electron chi connectivity index (χ3n) is 1.89. The Balaban J connectivity index is 2.71. The van der Waals surface area contributed by atoms with Crippen LogP contribution in [-0.4, -0.2) is 48.3 Å². The van der Waals surface area contributed by atoms with Gasteiger partial charge in [0, 0.05) is 13.1 Å². The number of halogens is 4. The van der Waals surface area contributed by atoms with Crippen molar-refractivity contribution in [3.63, 3.8) is 0 Å². The van der Waals surface area contributed by atoms with Crippen LogP contribution in [0.2, 0.25) is 0 Å². The Morgan fingerprint density at radius 1 is 1.31 bits per heavy atom. The Kier molecular flexibility index (Phi) is 2.74. The van der Waals surface area contributed by atoms with Crippen LogP contribution in [0.1, 0.15) is 0 Å². The lowest BCUT2D eigenvalue weighted by Gasteiger charge is -2.36. The molecule has 1 fully saturated rings. The van der Waals surface area contributed by atoms with Gasteiger partial charge in [0.25, 0.3) is 0 Å². The minimum absolute atomic E-state index is 0.0676. The van der Waals surface area contributed by atoms with E-state index in [9.17, 15) is 22.4 Å². The molecule has 0 saturated carbocycles. The van der Waals surface area contributed by atoms with E-state index in [1.807, 2.05) is 0 Å². The van der Waals surface area contributed by atoms with Gasteiger partial charge in [0.05, 0.1) is 6.54 Å². The SMILES string of the molecule is O=CN1CCN(F)CC1C(F)(F)F. The highest BCUT2D eigenvalue weighted by Crippen LogP contribution is 2.26. The van der Waals surface area contributed by atoms with Gasteiger partial charge in [-0.05, 0) is 0 Å². The standard InChI is InChI=1S/C6H8F4N2O/c7-6(8,9)5-3-12(10)2-1-11(5)4-13/h4-5H,1-3H2. The maximum Gasteiger partial charge on any atom is 0.410 e. The zero-order valence-electron chi connectivity index (χ0n) is 6.59. The lowest BCUT2D eigenvalue weighted by molar-refractivity contribution is -0.209. The summed E-state index contributed by atoms with van der Waals surface area (Å²) in [5.41, 5.74) is 0. The van der Waals surface area contributed by atoms with Gasteiger partial charge >= 0.3 is 6.18 Å². The molecule has 1 saturated heterocycles. The number of alkyl halides is 3. The van der Waals surface area contributed by atoms with Crippen LogP contribution in [0.15, 0.2) is 0 Å². The molecule has 1 aliphatic rings. The van der Waals surface area contributed by atoms with Gasteiger partial charge in [-0.1, -0.05) is 0 Å². The van der Waals surface area contributed by atoms with Crippen LogP contribution in [-0.2, 0) is 4.79 Å². The van der Waals surface area contributed by atoms with Crippen LogP contribution in [0.25, 0.3) is 0 Å². The largest absolute Gasteiger partial charge is 0.410 e. The number of carbonyl (C=O) groups is 1. The second kappa shape index (κ2) is 3.49. The van der Waals surface area contributed by atoms with Crippen molar-refractivity contribution in [2.75, 3.05) is 19.6 Å². The molecule has 0 N–H and O–H groups in total. The smallest absolute Gasteiger partial charge is 0.330 e. The molecule has 3 nitrogen and oxygen atoms in total. The van der Waals surface area contributed by atoms with E-state index in [1.54, 1.807) is 0 Å². The van der Waals surface area contributed by atoms with Gasteiger partial charge in [-0.2, -0.15) is 13.2 Å². The molecule has 0 radical (unpaired) electrons. The third-order valence-corrected chi connectivity index (χ3v) is 1.89. The third kappa shape index (κ3) is 2.30. The van der Waals surface area contributed by atoms with Crippen LogP contribution < -0.4 is 0 Å². The second-order valence-corrected chi connectivity index (χ2v) is 2.77. The maximum absolute atomic E-state index is 12.5. The summed E-state index contributed by atoms with van der Waals surface area (Å²) < 4.78 is 48.9. The number of piperazine rings is 1. The van der Waals surface area contributed by atoms with E-state index >= 15 is 0 Å². The van der Waals surface area contributed by atoms with Crippen molar-refractivity contribution in [1.29, 1.82) is 0 Å². The summed E-state index contributed by atoms with van der Waals surface area (Å²) in [7, 11) is 0. The van der Waals surface area contributed by atoms with Crippen molar-refractivity contribution in [2.45, 2.75) is 12.2 Å². The normalized spacial score (nSPS) is 26.2. The summed E-state index contributed by atoms with van der Waals surface area (Å²) in [4.78, 5) is 10.8. The Hall–Kier alpha value is -0.850. The summed E-state index contributed by atoms with van der Waals surface area (Å²) in [5.74, 6) is 0. The molecule has 0 bridgehead atoms. The molecule has 1 aliphatic heterocycles. The summed E-state index contributed by atoms with van der Waals surface area (Å²) in [6.45, 7) is -1.21. The van der Waals surface area contributed by atoms with Crippen LogP contribution in [0.4, 0.5) is 17.7 Å². The number of hydrogen-bond donors (Lipinski definition) is 0. The fourth-order valence-electron chi connectivity index (χ4n) is 1.18. The molecular weight excluding hydrogens is 192 g/mol. The Morgan fingerprint density at radius 2 is 1.92 bits per heavy atom. The van der Waals surface area contributed by atoms with Crippen LogP contribution in [0, 0.1) is 0 Å². The monoisotopic (exact) mass is 200 g/mol.